The molecule has 1 nitrogen and oxygen atoms in total. The summed E-state index contributed by atoms with van der Waals surface area (Å²) in [6.45, 7) is 0. The zero-order chi connectivity index (χ0) is 12.4. The van der Waals surface area contributed by atoms with E-state index in [9.17, 15) is 5.11 Å². The second-order valence-corrected chi connectivity index (χ2v) is 6.71. The lowest BCUT2D eigenvalue weighted by atomic mass is 10.1. The second-order valence-electron chi connectivity index (χ2n) is 3.59. The van der Waals surface area contributed by atoms with Crippen molar-refractivity contribution in [1.29, 1.82) is 0 Å². The van der Waals surface area contributed by atoms with Crippen LogP contribution in [0.3, 0.4) is 0 Å². The third-order valence-corrected chi connectivity index (χ3v) is 4.43. The first kappa shape index (κ1) is 13.4. The minimum absolute atomic E-state index is 0.521. The topological polar surface area (TPSA) is 20.2 Å². The fraction of sp³-hybridized carbons (Fsp3) is 0.167. The first-order valence-corrected chi connectivity index (χ1v) is 7.30. The highest BCUT2D eigenvalue weighted by atomic mass is 79.9. The zero-order valence-corrected chi connectivity index (χ0v) is 12.6. The molecule has 0 radical (unpaired) electrons. The average molecular weight is 352 g/mol. The Morgan fingerprint density at radius 1 is 1.24 bits per heavy atom. The third kappa shape index (κ3) is 3.46. The van der Waals surface area contributed by atoms with Gasteiger partial charge in [-0.3, -0.25) is 0 Å². The van der Waals surface area contributed by atoms with Crippen LogP contribution in [0.1, 0.15) is 16.5 Å². The van der Waals surface area contributed by atoms with E-state index in [1.165, 1.54) is 11.3 Å². The maximum atomic E-state index is 10.1. The first-order valence-electron chi connectivity index (χ1n) is 4.93. The number of hydrogen-bond acceptors (Lipinski definition) is 2. The van der Waals surface area contributed by atoms with Crippen molar-refractivity contribution in [1.82, 2.24) is 0 Å². The predicted octanol–water partition coefficient (Wildman–Crippen LogP) is 5.09. The normalized spacial score (nSPS) is 12.7. The Labute approximate surface area is 122 Å². The van der Waals surface area contributed by atoms with Crippen molar-refractivity contribution in [3.8, 4) is 0 Å². The first-order chi connectivity index (χ1) is 8.06. The summed E-state index contributed by atoms with van der Waals surface area (Å²) in [4.78, 5) is 1.04. The molecule has 0 aliphatic heterocycles. The van der Waals surface area contributed by atoms with Crippen LogP contribution in [0, 0.1) is 0 Å². The summed E-state index contributed by atoms with van der Waals surface area (Å²) in [6, 6.07) is 9.20. The van der Waals surface area contributed by atoms with Crippen molar-refractivity contribution < 1.29 is 5.11 Å². The molecular formula is C12H9BrCl2OS. The SMILES string of the molecule is OC(Cc1ccc(Cl)s1)c1cc(Br)ccc1Cl. The van der Waals surface area contributed by atoms with E-state index in [4.69, 9.17) is 23.2 Å². The zero-order valence-electron chi connectivity index (χ0n) is 8.66. The molecule has 2 aromatic rings. The minimum atomic E-state index is -0.616. The lowest BCUT2D eigenvalue weighted by Gasteiger charge is -2.12. The van der Waals surface area contributed by atoms with Crippen molar-refractivity contribution >= 4 is 50.5 Å². The summed E-state index contributed by atoms with van der Waals surface area (Å²) in [5.74, 6) is 0. The lowest BCUT2D eigenvalue weighted by Crippen LogP contribution is -2.01. The fourth-order valence-corrected chi connectivity index (χ4v) is 3.28. The van der Waals surface area contributed by atoms with E-state index in [-0.39, 0.29) is 0 Å². The maximum Gasteiger partial charge on any atom is 0.0931 e. The molecule has 0 amide bonds. The summed E-state index contributed by atoms with van der Waals surface area (Å²) in [5, 5.41) is 10.7. The molecule has 1 aromatic heterocycles. The largest absolute Gasteiger partial charge is 0.388 e. The van der Waals surface area contributed by atoms with Crippen LogP contribution < -0.4 is 0 Å². The molecule has 5 heteroatoms. The van der Waals surface area contributed by atoms with E-state index in [0.29, 0.717) is 11.4 Å². The van der Waals surface area contributed by atoms with Gasteiger partial charge in [0.15, 0.2) is 0 Å². The average Bonchev–Trinajstić information content (AvgIpc) is 2.67. The fourth-order valence-electron chi connectivity index (χ4n) is 1.53. The summed E-state index contributed by atoms with van der Waals surface area (Å²) < 4.78 is 1.63. The smallest absolute Gasteiger partial charge is 0.0931 e. The Hall–Kier alpha value is -0.0600. The Balaban J connectivity index is 2.19. The number of hydrogen-bond donors (Lipinski definition) is 1. The Morgan fingerprint density at radius 3 is 2.65 bits per heavy atom. The van der Waals surface area contributed by atoms with Gasteiger partial charge in [-0.05, 0) is 30.3 Å². The van der Waals surface area contributed by atoms with Gasteiger partial charge in [-0.2, -0.15) is 0 Å². The van der Waals surface area contributed by atoms with Gasteiger partial charge in [0, 0.05) is 26.4 Å². The van der Waals surface area contributed by atoms with Crippen LogP contribution in [-0.4, -0.2) is 5.11 Å². The highest BCUT2D eigenvalue weighted by Gasteiger charge is 2.13. The molecule has 1 aromatic carbocycles. The molecule has 1 heterocycles. The molecule has 0 aliphatic rings. The van der Waals surface area contributed by atoms with Crippen molar-refractivity contribution in [2.24, 2.45) is 0 Å². The molecule has 0 saturated heterocycles. The predicted molar refractivity (Wildman–Crippen MR) is 77.1 cm³/mol. The van der Waals surface area contributed by atoms with E-state index in [0.717, 1.165) is 19.2 Å². The molecule has 1 N–H and O–H groups in total. The molecule has 2 rings (SSSR count). The van der Waals surface area contributed by atoms with Gasteiger partial charge >= 0.3 is 0 Å². The van der Waals surface area contributed by atoms with Gasteiger partial charge in [0.05, 0.1) is 10.4 Å². The number of aliphatic hydroxyl groups excluding tert-OH is 1. The third-order valence-electron chi connectivity index (χ3n) is 2.34. The molecule has 1 unspecified atom stereocenters. The molecule has 0 saturated carbocycles. The quantitative estimate of drug-likeness (QED) is 0.816. The van der Waals surface area contributed by atoms with Gasteiger partial charge in [-0.1, -0.05) is 39.1 Å². The van der Waals surface area contributed by atoms with Crippen LogP contribution in [0.2, 0.25) is 9.36 Å². The van der Waals surface area contributed by atoms with E-state index in [1.54, 1.807) is 6.07 Å². The van der Waals surface area contributed by atoms with Crippen LogP contribution in [-0.2, 0) is 6.42 Å². The second kappa shape index (κ2) is 5.72. The van der Waals surface area contributed by atoms with E-state index in [1.807, 2.05) is 24.3 Å². The van der Waals surface area contributed by atoms with Gasteiger partial charge < -0.3 is 5.11 Å². The van der Waals surface area contributed by atoms with Gasteiger partial charge in [-0.25, -0.2) is 0 Å². The van der Waals surface area contributed by atoms with Gasteiger partial charge in [0.1, 0.15) is 0 Å². The molecular weight excluding hydrogens is 343 g/mol. The number of thiophene rings is 1. The van der Waals surface area contributed by atoms with Crippen LogP contribution in [0.25, 0.3) is 0 Å². The van der Waals surface area contributed by atoms with Crippen LogP contribution in [0.15, 0.2) is 34.8 Å². The maximum absolute atomic E-state index is 10.1. The van der Waals surface area contributed by atoms with E-state index >= 15 is 0 Å². The molecule has 17 heavy (non-hydrogen) atoms. The lowest BCUT2D eigenvalue weighted by molar-refractivity contribution is 0.179. The molecule has 1 atom stereocenters. The molecule has 0 bridgehead atoms. The summed E-state index contributed by atoms with van der Waals surface area (Å²) in [6.07, 6.45) is -0.0946. The molecule has 90 valence electrons. The van der Waals surface area contributed by atoms with Crippen molar-refractivity contribution in [3.05, 3.63) is 54.6 Å². The van der Waals surface area contributed by atoms with Gasteiger partial charge in [-0.15, -0.1) is 11.3 Å². The molecule has 0 fully saturated rings. The summed E-state index contributed by atoms with van der Waals surface area (Å²) in [7, 11) is 0. The Bertz CT molecular complexity index is 527. The summed E-state index contributed by atoms with van der Waals surface area (Å²) in [5.41, 5.74) is 0.727. The molecule has 0 aliphatic carbocycles. The number of halogens is 3. The van der Waals surface area contributed by atoms with Crippen LogP contribution >= 0.6 is 50.5 Å². The molecule has 0 spiro atoms. The number of aliphatic hydroxyl groups is 1. The minimum Gasteiger partial charge on any atom is -0.388 e. The van der Waals surface area contributed by atoms with Gasteiger partial charge in [0.25, 0.3) is 0 Å². The van der Waals surface area contributed by atoms with Crippen LogP contribution in [0.4, 0.5) is 0 Å². The van der Waals surface area contributed by atoms with Crippen molar-refractivity contribution in [3.63, 3.8) is 0 Å². The standard InChI is InChI=1S/C12H9BrCl2OS/c13-7-1-3-10(14)9(5-7)11(16)6-8-2-4-12(15)17-8/h1-5,11,16H,6H2. The van der Waals surface area contributed by atoms with E-state index in [2.05, 4.69) is 15.9 Å². The van der Waals surface area contributed by atoms with Crippen molar-refractivity contribution in [2.75, 3.05) is 0 Å². The van der Waals surface area contributed by atoms with Crippen LogP contribution in [0.5, 0.6) is 0 Å². The highest BCUT2D eigenvalue weighted by Crippen LogP contribution is 2.31. The Kier molecular flexibility index (Phi) is 4.50. The number of rotatable bonds is 3. The number of benzene rings is 1. The monoisotopic (exact) mass is 350 g/mol. The van der Waals surface area contributed by atoms with Gasteiger partial charge in [0.2, 0.25) is 0 Å². The van der Waals surface area contributed by atoms with E-state index < -0.39 is 6.10 Å². The summed E-state index contributed by atoms with van der Waals surface area (Å²) >= 11 is 16.7. The highest BCUT2D eigenvalue weighted by molar-refractivity contribution is 9.10. The Morgan fingerprint density at radius 2 is 2.00 bits per heavy atom. The van der Waals surface area contributed by atoms with Crippen molar-refractivity contribution in [2.45, 2.75) is 12.5 Å².